The summed E-state index contributed by atoms with van der Waals surface area (Å²) in [7, 11) is 0. The molecule has 1 saturated heterocycles. The van der Waals surface area contributed by atoms with Crippen LogP contribution in [0.5, 0.6) is 0 Å². The molecule has 1 saturated carbocycles. The minimum Gasteiger partial charge on any atom is -0.450 e. The van der Waals surface area contributed by atoms with Gasteiger partial charge in [-0.1, -0.05) is 20.8 Å². The van der Waals surface area contributed by atoms with E-state index in [0.717, 1.165) is 12.3 Å². The third kappa shape index (κ3) is 6.65. The van der Waals surface area contributed by atoms with E-state index >= 15 is 0 Å². The first-order valence-electron chi connectivity index (χ1n) is 11.5. The summed E-state index contributed by atoms with van der Waals surface area (Å²) in [5, 5.41) is 4.80. The molecule has 1 aliphatic carbocycles. The second-order valence-corrected chi connectivity index (χ2v) is 9.84. The zero-order valence-corrected chi connectivity index (χ0v) is 19.5. The molecule has 1 aromatic rings. The van der Waals surface area contributed by atoms with Gasteiger partial charge in [0.2, 0.25) is 12.3 Å². The van der Waals surface area contributed by atoms with Crippen LogP contribution in [0.15, 0.2) is 12.1 Å². The highest BCUT2D eigenvalue weighted by molar-refractivity contribution is 5.85. The van der Waals surface area contributed by atoms with Crippen LogP contribution in [0, 0.1) is 23.0 Å². The van der Waals surface area contributed by atoms with E-state index in [4.69, 9.17) is 4.74 Å². The van der Waals surface area contributed by atoms with Crippen LogP contribution in [0.2, 0.25) is 0 Å². The van der Waals surface area contributed by atoms with Crippen LogP contribution in [-0.2, 0) is 14.3 Å². The summed E-state index contributed by atoms with van der Waals surface area (Å²) in [5.74, 6) is -1.65. The zero-order valence-electron chi connectivity index (χ0n) is 19.5. The highest BCUT2D eigenvalue weighted by Gasteiger charge is 2.37. The molecule has 1 aliphatic heterocycles. The third-order valence-electron chi connectivity index (χ3n) is 6.81. The Hall–Kier alpha value is -2.71. The van der Waals surface area contributed by atoms with Crippen LogP contribution in [0.4, 0.5) is 19.3 Å². The summed E-state index contributed by atoms with van der Waals surface area (Å²) in [4.78, 5) is 35.5. The Morgan fingerprint density at radius 2 is 1.88 bits per heavy atom. The van der Waals surface area contributed by atoms with E-state index in [9.17, 15) is 23.2 Å². The Balaban J connectivity index is 1.44. The van der Waals surface area contributed by atoms with E-state index in [-0.39, 0.29) is 36.3 Å². The molecule has 2 fully saturated rings. The Morgan fingerprint density at radius 3 is 2.45 bits per heavy atom. The van der Waals surface area contributed by atoms with E-state index in [0.29, 0.717) is 25.4 Å². The molecule has 182 valence electrons. The van der Waals surface area contributed by atoms with Crippen LogP contribution in [-0.4, -0.2) is 44.1 Å². The predicted octanol–water partition coefficient (Wildman–Crippen LogP) is 3.86. The molecular weight excluding hydrogens is 432 g/mol. The molecule has 1 unspecified atom stereocenters. The van der Waals surface area contributed by atoms with Gasteiger partial charge in [-0.3, -0.25) is 14.9 Å². The first-order chi connectivity index (χ1) is 15.6. The van der Waals surface area contributed by atoms with Crippen molar-refractivity contribution in [1.29, 1.82) is 0 Å². The average Bonchev–Trinajstić information content (AvgIpc) is 3.54. The number of hydrogen-bond acceptors (Lipinski definition) is 5. The lowest BCUT2D eigenvalue weighted by molar-refractivity contribution is -0.125. The normalized spacial score (nSPS) is 17.2. The van der Waals surface area contributed by atoms with Crippen molar-refractivity contribution in [2.75, 3.05) is 24.6 Å². The third-order valence-corrected chi connectivity index (χ3v) is 6.81. The van der Waals surface area contributed by atoms with Crippen molar-refractivity contribution in [3.8, 4) is 0 Å². The maximum Gasteiger partial charge on any atom is 0.407 e. The Morgan fingerprint density at radius 1 is 1.24 bits per heavy atom. The number of nitrogens with zero attached hydrogens (tertiary/aromatic N) is 1. The van der Waals surface area contributed by atoms with Crippen molar-refractivity contribution in [2.45, 2.75) is 64.8 Å². The van der Waals surface area contributed by atoms with E-state index in [1.807, 2.05) is 5.32 Å². The summed E-state index contributed by atoms with van der Waals surface area (Å²) in [6.07, 6.45) is 3.34. The molecule has 0 radical (unpaired) electrons. The van der Waals surface area contributed by atoms with Gasteiger partial charge in [0.15, 0.2) is 0 Å². The predicted molar refractivity (Wildman–Crippen MR) is 120 cm³/mol. The van der Waals surface area contributed by atoms with Crippen molar-refractivity contribution < 1.29 is 27.9 Å². The molecule has 0 aromatic heterocycles. The van der Waals surface area contributed by atoms with Crippen LogP contribution in [0.25, 0.3) is 0 Å². The quantitative estimate of drug-likeness (QED) is 0.485. The van der Waals surface area contributed by atoms with Gasteiger partial charge < -0.3 is 15.0 Å². The van der Waals surface area contributed by atoms with Gasteiger partial charge in [0.05, 0.1) is 12.6 Å². The molecule has 1 aromatic carbocycles. The minimum absolute atomic E-state index is 0.00576. The van der Waals surface area contributed by atoms with E-state index < -0.39 is 29.6 Å². The maximum absolute atomic E-state index is 14.6. The van der Waals surface area contributed by atoms with Crippen molar-refractivity contribution in [2.24, 2.45) is 11.3 Å². The second kappa shape index (κ2) is 10.5. The highest BCUT2D eigenvalue weighted by atomic mass is 19.1. The smallest absolute Gasteiger partial charge is 0.407 e. The molecule has 7 nitrogen and oxygen atoms in total. The molecule has 3 rings (SSSR count). The van der Waals surface area contributed by atoms with E-state index in [1.54, 1.807) is 11.8 Å². The van der Waals surface area contributed by atoms with Crippen LogP contribution < -0.4 is 15.5 Å². The minimum atomic E-state index is -0.678. The van der Waals surface area contributed by atoms with Crippen molar-refractivity contribution in [3.63, 3.8) is 0 Å². The van der Waals surface area contributed by atoms with Crippen LogP contribution in [0.1, 0.15) is 64.4 Å². The Kier molecular flexibility index (Phi) is 7.92. The lowest BCUT2D eigenvalue weighted by atomic mass is 9.84. The number of carbonyl (C=O) groups is 3. The molecule has 9 heteroatoms. The first kappa shape index (κ1) is 24.9. The maximum atomic E-state index is 14.6. The van der Waals surface area contributed by atoms with Gasteiger partial charge >= 0.3 is 6.09 Å². The van der Waals surface area contributed by atoms with Crippen molar-refractivity contribution in [1.82, 2.24) is 10.6 Å². The molecule has 1 atom stereocenters. The number of carbonyl (C=O) groups excluding carboxylic acids is 3. The highest BCUT2D eigenvalue weighted by Crippen LogP contribution is 2.47. The van der Waals surface area contributed by atoms with Crippen LogP contribution in [0.3, 0.4) is 0 Å². The van der Waals surface area contributed by atoms with Crippen molar-refractivity contribution in [3.05, 3.63) is 29.3 Å². The van der Waals surface area contributed by atoms with Crippen LogP contribution >= 0.6 is 0 Å². The number of halogens is 2. The number of amides is 3. The summed E-state index contributed by atoms with van der Waals surface area (Å²) >= 11 is 0. The summed E-state index contributed by atoms with van der Waals surface area (Å²) < 4.78 is 34.6. The Labute approximate surface area is 193 Å². The van der Waals surface area contributed by atoms with E-state index in [1.165, 1.54) is 25.0 Å². The SMILES string of the molecule is CC(CCC(=O)NC=O)c1c(F)cc(N2CC(NC(=O)OCCC(C)(C)C3CC3)C2)cc1F. The monoisotopic (exact) mass is 465 g/mol. The van der Waals surface area contributed by atoms with Gasteiger partial charge in [0.25, 0.3) is 0 Å². The number of anilines is 1. The first-order valence-corrected chi connectivity index (χ1v) is 11.5. The number of alkyl carbamates (subject to hydrolysis) is 1. The van der Waals surface area contributed by atoms with E-state index in [2.05, 4.69) is 19.2 Å². The van der Waals surface area contributed by atoms with Gasteiger partial charge in [-0.25, -0.2) is 13.6 Å². The topological polar surface area (TPSA) is 87.7 Å². The molecule has 1 heterocycles. The molecule has 0 bridgehead atoms. The standard InChI is InChI=1S/C24H33F2N3O4/c1-15(4-7-21(31)27-14-30)22-19(25)10-18(11-20(22)26)29-12-17(13-29)28-23(32)33-9-8-24(2,3)16-5-6-16/h10-11,14-17H,4-9,12-13H2,1-3H3,(H,28,32)(H,27,30,31). The molecule has 2 aliphatic rings. The number of hydrogen-bond donors (Lipinski definition) is 2. The molecule has 0 spiro atoms. The average molecular weight is 466 g/mol. The lowest BCUT2D eigenvalue weighted by Gasteiger charge is -2.41. The number of ether oxygens (including phenoxy) is 1. The summed E-state index contributed by atoms with van der Waals surface area (Å²) in [5.41, 5.74) is 0.510. The fraction of sp³-hybridized carbons (Fsp3) is 0.625. The largest absolute Gasteiger partial charge is 0.450 e. The number of benzene rings is 1. The van der Waals surface area contributed by atoms with Gasteiger partial charge in [-0.05, 0) is 55.1 Å². The summed E-state index contributed by atoms with van der Waals surface area (Å²) in [6.45, 7) is 7.27. The van der Waals surface area contributed by atoms with Gasteiger partial charge in [0, 0.05) is 30.8 Å². The van der Waals surface area contributed by atoms with Gasteiger partial charge in [0.1, 0.15) is 11.6 Å². The summed E-state index contributed by atoms with van der Waals surface area (Å²) in [6, 6.07) is 2.40. The Bertz CT molecular complexity index is 859. The van der Waals surface area contributed by atoms with Crippen molar-refractivity contribution >= 4 is 24.1 Å². The molecule has 3 amide bonds. The zero-order chi connectivity index (χ0) is 24.2. The van der Waals surface area contributed by atoms with Gasteiger partial charge in [-0.15, -0.1) is 0 Å². The molecular formula is C24H33F2N3O4. The number of nitrogens with one attached hydrogen (secondary N) is 2. The second-order valence-electron chi connectivity index (χ2n) is 9.84. The fourth-order valence-electron chi connectivity index (χ4n) is 4.32. The van der Waals surface area contributed by atoms with Gasteiger partial charge in [-0.2, -0.15) is 0 Å². The number of rotatable bonds is 11. The fourth-order valence-corrected chi connectivity index (χ4v) is 4.32. The molecule has 33 heavy (non-hydrogen) atoms. The number of imide groups is 1. The lowest BCUT2D eigenvalue weighted by Crippen LogP contribution is -2.59. The molecule has 2 N–H and O–H groups in total.